The van der Waals surface area contributed by atoms with Gasteiger partial charge in [-0.1, -0.05) is 6.08 Å². The van der Waals surface area contributed by atoms with Gasteiger partial charge in [-0.15, -0.1) is 0 Å². The predicted molar refractivity (Wildman–Crippen MR) is 35.6 cm³/mol. The van der Waals surface area contributed by atoms with Crippen LogP contribution < -0.4 is 0 Å². The molecule has 0 amide bonds. The summed E-state index contributed by atoms with van der Waals surface area (Å²) < 4.78 is 23.2. The van der Waals surface area contributed by atoms with E-state index in [9.17, 15) is 8.78 Å². The van der Waals surface area contributed by atoms with E-state index in [0.29, 0.717) is 5.92 Å². The molecule has 1 saturated carbocycles. The van der Waals surface area contributed by atoms with Gasteiger partial charge in [-0.3, -0.25) is 5.41 Å². The molecule has 0 heterocycles. The van der Waals surface area contributed by atoms with Crippen molar-refractivity contribution >= 4 is 5.71 Å². The summed E-state index contributed by atoms with van der Waals surface area (Å²) in [6, 6.07) is 0. The third-order valence-electron chi connectivity index (χ3n) is 1.41. The lowest BCUT2D eigenvalue weighted by atomic mass is 10.3. The fourth-order valence-corrected chi connectivity index (χ4v) is 0.601. The third-order valence-corrected chi connectivity index (χ3v) is 1.41. The molecule has 1 N–H and O–H groups in total. The van der Waals surface area contributed by atoms with E-state index in [0.717, 1.165) is 12.8 Å². The van der Waals surface area contributed by atoms with Crippen LogP contribution in [0.15, 0.2) is 12.2 Å². The first kappa shape index (κ1) is 7.38. The number of alkyl halides is 2. The Hall–Kier alpha value is -0.730. The van der Waals surface area contributed by atoms with Gasteiger partial charge in [0.05, 0.1) is 5.71 Å². The van der Waals surface area contributed by atoms with Gasteiger partial charge in [0.25, 0.3) is 6.43 Å². The average Bonchev–Trinajstić information content (AvgIpc) is 2.64. The van der Waals surface area contributed by atoms with Gasteiger partial charge in [0, 0.05) is 0 Å². The molecule has 3 heteroatoms. The normalized spacial score (nSPS) is 18.7. The topological polar surface area (TPSA) is 23.9 Å². The van der Waals surface area contributed by atoms with Crippen molar-refractivity contribution in [3.8, 4) is 0 Å². The molecule has 0 atom stereocenters. The van der Waals surface area contributed by atoms with Crippen molar-refractivity contribution in [2.24, 2.45) is 5.92 Å². The van der Waals surface area contributed by atoms with Crippen molar-refractivity contribution in [1.82, 2.24) is 0 Å². The largest absolute Gasteiger partial charge is 0.299 e. The second-order valence-corrected chi connectivity index (χ2v) is 2.45. The van der Waals surface area contributed by atoms with E-state index in [1.54, 1.807) is 6.08 Å². The van der Waals surface area contributed by atoms with Gasteiger partial charge in [-0.05, 0) is 24.8 Å². The maximum Gasteiger partial charge on any atom is 0.279 e. The van der Waals surface area contributed by atoms with E-state index < -0.39 is 12.1 Å². The Morgan fingerprint density at radius 3 is 2.50 bits per heavy atom. The van der Waals surface area contributed by atoms with Crippen molar-refractivity contribution in [2.75, 3.05) is 0 Å². The molecule has 56 valence electrons. The second kappa shape index (κ2) is 2.90. The minimum Gasteiger partial charge on any atom is -0.299 e. The zero-order chi connectivity index (χ0) is 7.56. The van der Waals surface area contributed by atoms with Crippen LogP contribution in [0, 0.1) is 11.3 Å². The van der Waals surface area contributed by atoms with E-state index >= 15 is 0 Å². The molecule has 0 aromatic rings. The predicted octanol–water partition coefficient (Wildman–Crippen LogP) is 2.24. The first-order chi connectivity index (χ1) is 4.70. The third kappa shape index (κ3) is 2.25. The zero-order valence-electron chi connectivity index (χ0n) is 5.48. The standard InChI is InChI=1S/C7H9F2N/c8-7(9)6(10)4-3-5-1-2-5/h3-5,7,10H,1-2H2/b4-3+,10-6?. The van der Waals surface area contributed by atoms with Gasteiger partial charge in [-0.2, -0.15) is 0 Å². The molecular weight excluding hydrogens is 136 g/mol. The van der Waals surface area contributed by atoms with Crippen LogP contribution in [0.25, 0.3) is 0 Å². The molecule has 0 aliphatic heterocycles. The summed E-state index contributed by atoms with van der Waals surface area (Å²) in [6.07, 6.45) is 2.46. The van der Waals surface area contributed by atoms with Crippen LogP contribution in [0.1, 0.15) is 12.8 Å². The first-order valence-corrected chi connectivity index (χ1v) is 3.25. The van der Waals surface area contributed by atoms with Crippen LogP contribution in [-0.4, -0.2) is 12.1 Å². The number of halogens is 2. The van der Waals surface area contributed by atoms with Crippen LogP contribution in [0.3, 0.4) is 0 Å². The van der Waals surface area contributed by atoms with E-state index in [4.69, 9.17) is 5.41 Å². The Morgan fingerprint density at radius 2 is 2.10 bits per heavy atom. The maximum absolute atomic E-state index is 11.6. The smallest absolute Gasteiger partial charge is 0.279 e. The molecule has 10 heavy (non-hydrogen) atoms. The van der Waals surface area contributed by atoms with Crippen LogP contribution >= 0.6 is 0 Å². The van der Waals surface area contributed by atoms with Gasteiger partial charge in [0.15, 0.2) is 0 Å². The first-order valence-electron chi connectivity index (χ1n) is 3.25. The molecule has 1 aliphatic rings. The summed E-state index contributed by atoms with van der Waals surface area (Å²) in [5, 5.41) is 6.73. The Labute approximate surface area is 58.2 Å². The molecule has 1 nitrogen and oxygen atoms in total. The number of hydrogen-bond donors (Lipinski definition) is 1. The fraction of sp³-hybridized carbons (Fsp3) is 0.571. The average molecular weight is 145 g/mol. The Morgan fingerprint density at radius 1 is 1.50 bits per heavy atom. The molecule has 0 radical (unpaired) electrons. The summed E-state index contributed by atoms with van der Waals surface area (Å²) in [4.78, 5) is 0. The Bertz CT molecular complexity index is 159. The fourth-order valence-electron chi connectivity index (χ4n) is 0.601. The molecule has 0 spiro atoms. The zero-order valence-corrected chi connectivity index (χ0v) is 5.48. The summed E-state index contributed by atoms with van der Waals surface area (Å²) in [5.74, 6) is 0.471. The molecule has 1 fully saturated rings. The summed E-state index contributed by atoms with van der Waals surface area (Å²) in [7, 11) is 0. The highest BCUT2D eigenvalue weighted by molar-refractivity contribution is 5.94. The lowest BCUT2D eigenvalue weighted by Gasteiger charge is -1.91. The summed E-state index contributed by atoms with van der Waals surface area (Å²) in [5.41, 5.74) is -0.577. The molecule has 1 aliphatic carbocycles. The molecule has 0 bridgehead atoms. The monoisotopic (exact) mass is 145 g/mol. The summed E-state index contributed by atoms with van der Waals surface area (Å²) >= 11 is 0. The lowest BCUT2D eigenvalue weighted by Crippen LogP contribution is -2.04. The minimum absolute atomic E-state index is 0.471. The molecule has 0 aromatic carbocycles. The van der Waals surface area contributed by atoms with Crippen molar-refractivity contribution in [2.45, 2.75) is 19.3 Å². The SMILES string of the molecule is N=C(/C=C/C1CC1)C(F)F. The number of nitrogens with one attached hydrogen (secondary N) is 1. The van der Waals surface area contributed by atoms with Crippen molar-refractivity contribution in [3.63, 3.8) is 0 Å². The number of hydrogen-bond acceptors (Lipinski definition) is 1. The number of rotatable bonds is 3. The Balaban J connectivity index is 2.28. The van der Waals surface area contributed by atoms with E-state index in [1.165, 1.54) is 6.08 Å². The molecule has 0 aromatic heterocycles. The van der Waals surface area contributed by atoms with Crippen LogP contribution in [-0.2, 0) is 0 Å². The quantitative estimate of drug-likeness (QED) is 0.589. The van der Waals surface area contributed by atoms with Gasteiger partial charge in [0.2, 0.25) is 0 Å². The van der Waals surface area contributed by atoms with Crippen molar-refractivity contribution < 1.29 is 8.78 Å². The highest BCUT2D eigenvalue weighted by atomic mass is 19.3. The van der Waals surface area contributed by atoms with Crippen LogP contribution in [0.4, 0.5) is 8.78 Å². The molecule has 0 unspecified atom stereocenters. The lowest BCUT2D eigenvalue weighted by molar-refractivity contribution is 0.226. The minimum atomic E-state index is -2.62. The molecule has 0 saturated heterocycles. The molecule has 1 rings (SSSR count). The highest BCUT2D eigenvalue weighted by Crippen LogP contribution is 2.30. The van der Waals surface area contributed by atoms with Gasteiger partial charge >= 0.3 is 0 Å². The Kier molecular flexibility index (Phi) is 2.14. The molecular formula is C7H9F2N. The van der Waals surface area contributed by atoms with E-state index in [-0.39, 0.29) is 0 Å². The van der Waals surface area contributed by atoms with Gasteiger partial charge < -0.3 is 0 Å². The van der Waals surface area contributed by atoms with E-state index in [2.05, 4.69) is 0 Å². The van der Waals surface area contributed by atoms with Gasteiger partial charge in [-0.25, -0.2) is 8.78 Å². The van der Waals surface area contributed by atoms with Gasteiger partial charge in [0.1, 0.15) is 0 Å². The van der Waals surface area contributed by atoms with Crippen LogP contribution in [0.5, 0.6) is 0 Å². The maximum atomic E-state index is 11.6. The van der Waals surface area contributed by atoms with Crippen molar-refractivity contribution in [3.05, 3.63) is 12.2 Å². The number of allylic oxidation sites excluding steroid dienone is 2. The van der Waals surface area contributed by atoms with Crippen LogP contribution in [0.2, 0.25) is 0 Å². The van der Waals surface area contributed by atoms with Crippen molar-refractivity contribution in [1.29, 1.82) is 5.41 Å². The summed E-state index contributed by atoms with van der Waals surface area (Å²) in [6.45, 7) is 0. The highest BCUT2D eigenvalue weighted by Gasteiger charge is 2.18. The second-order valence-electron chi connectivity index (χ2n) is 2.45. The van der Waals surface area contributed by atoms with E-state index in [1.807, 2.05) is 0 Å².